The second kappa shape index (κ2) is 13.5. The van der Waals surface area contributed by atoms with Gasteiger partial charge >= 0.3 is 0 Å². The molecule has 0 atom stereocenters. The molecule has 1 aliphatic heterocycles. The van der Waals surface area contributed by atoms with Gasteiger partial charge in [-0.05, 0) is 95.1 Å². The maximum absolute atomic E-state index is 13.1. The molecule has 0 amide bonds. The van der Waals surface area contributed by atoms with E-state index in [2.05, 4.69) is 87.1 Å². The Bertz CT molecular complexity index is 1100. The van der Waals surface area contributed by atoms with Gasteiger partial charge in [0.1, 0.15) is 0 Å². The minimum atomic E-state index is -0.166. The Morgan fingerprint density at radius 1 is 1.14 bits per heavy atom. The summed E-state index contributed by atoms with van der Waals surface area (Å²) in [5.74, 6) is 0.446. The van der Waals surface area contributed by atoms with Crippen LogP contribution in [0.4, 0.5) is 0 Å². The number of ketones is 1. The lowest BCUT2D eigenvalue weighted by atomic mass is 9.84. The number of hydrogen-bond donors (Lipinski definition) is 0. The van der Waals surface area contributed by atoms with Gasteiger partial charge in [0.2, 0.25) is 0 Å². The van der Waals surface area contributed by atoms with E-state index in [0.29, 0.717) is 11.8 Å². The van der Waals surface area contributed by atoms with Crippen molar-refractivity contribution >= 4 is 17.5 Å². The smallest absolute Gasteiger partial charge is 0.191 e. The van der Waals surface area contributed by atoms with Crippen molar-refractivity contribution in [2.75, 3.05) is 0 Å². The van der Waals surface area contributed by atoms with Crippen LogP contribution in [-0.2, 0) is 4.79 Å². The fraction of sp³-hybridized carbons (Fsp3) is 0.500. The van der Waals surface area contributed by atoms with Crippen LogP contribution in [0.2, 0.25) is 0 Å². The van der Waals surface area contributed by atoms with Crippen molar-refractivity contribution in [1.82, 2.24) is 0 Å². The van der Waals surface area contributed by atoms with E-state index >= 15 is 0 Å². The van der Waals surface area contributed by atoms with Gasteiger partial charge < -0.3 is 5.11 Å². The van der Waals surface area contributed by atoms with Gasteiger partial charge in [-0.2, -0.15) is 0 Å². The number of allylic oxidation sites excluding steroid dienone is 14. The summed E-state index contributed by atoms with van der Waals surface area (Å²) in [4.78, 5) is 15.7. The van der Waals surface area contributed by atoms with Crippen LogP contribution in [0.15, 0.2) is 92.0 Å². The molecular weight excluding hydrogens is 472 g/mol. The molecule has 2 aliphatic rings. The molecule has 202 valence electrons. The quantitative estimate of drug-likeness (QED) is 0.202. The maximum Gasteiger partial charge on any atom is 0.191 e. The number of rotatable bonds is 11. The minimum absolute atomic E-state index is 0.166. The average molecular weight is 520 g/mol. The van der Waals surface area contributed by atoms with E-state index < -0.39 is 0 Å². The molecule has 0 aromatic rings. The molecule has 0 bridgehead atoms. The van der Waals surface area contributed by atoms with Crippen molar-refractivity contribution in [2.24, 2.45) is 17.3 Å². The van der Waals surface area contributed by atoms with Gasteiger partial charge in [0.05, 0.1) is 0 Å². The van der Waals surface area contributed by atoms with E-state index in [1.165, 1.54) is 15.4 Å². The summed E-state index contributed by atoms with van der Waals surface area (Å²) in [7, 11) is 0. The molecule has 1 heterocycles. The molecule has 3 heteroatoms. The molecule has 0 saturated heterocycles. The number of carbonyl (C=O) groups is 1. The molecule has 37 heavy (non-hydrogen) atoms. The van der Waals surface area contributed by atoms with Gasteiger partial charge in [0, 0.05) is 11.1 Å². The van der Waals surface area contributed by atoms with Gasteiger partial charge in [-0.25, -0.2) is 0 Å². The lowest BCUT2D eigenvalue weighted by molar-refractivity contribution is -0.300. The van der Waals surface area contributed by atoms with Crippen molar-refractivity contribution in [1.29, 1.82) is 0 Å². The van der Waals surface area contributed by atoms with E-state index in [-0.39, 0.29) is 28.1 Å². The van der Waals surface area contributed by atoms with Gasteiger partial charge in [-0.3, -0.25) is 4.79 Å². The maximum atomic E-state index is 13.1. The zero-order valence-electron chi connectivity index (χ0n) is 24.6. The van der Waals surface area contributed by atoms with Crippen molar-refractivity contribution < 1.29 is 9.90 Å². The highest BCUT2D eigenvalue weighted by molar-refractivity contribution is 8.06. The monoisotopic (exact) mass is 519 g/mol. The predicted octanol–water partition coefficient (Wildman–Crippen LogP) is 9.31. The van der Waals surface area contributed by atoms with Crippen LogP contribution in [0.1, 0.15) is 94.4 Å². The fourth-order valence-corrected chi connectivity index (χ4v) is 5.02. The number of thioether (sulfide) groups is 1. The predicted molar refractivity (Wildman–Crippen MR) is 161 cm³/mol. The first-order valence-corrected chi connectivity index (χ1v) is 14.6. The zero-order valence-corrected chi connectivity index (χ0v) is 25.4. The van der Waals surface area contributed by atoms with Gasteiger partial charge in [0.25, 0.3) is 0 Å². The summed E-state index contributed by atoms with van der Waals surface area (Å²) in [6.45, 7) is 23.9. The van der Waals surface area contributed by atoms with Crippen LogP contribution in [0.25, 0.3) is 0 Å². The summed E-state index contributed by atoms with van der Waals surface area (Å²) in [5.41, 5.74) is 4.85. The highest BCUT2D eigenvalue weighted by Gasteiger charge is 2.26. The molecule has 2 rings (SSSR count). The molecule has 0 fully saturated rings. The third-order valence-electron chi connectivity index (χ3n) is 6.70. The molecule has 0 aromatic carbocycles. The Labute approximate surface area is 230 Å². The molecule has 0 aromatic heterocycles. The summed E-state index contributed by atoms with van der Waals surface area (Å²) in [5, 5.41) is 13.1. The Hall–Kier alpha value is -2.26. The van der Waals surface area contributed by atoms with Crippen LogP contribution in [0, 0.1) is 17.3 Å². The Balaban J connectivity index is 2.42. The fourth-order valence-electron chi connectivity index (χ4n) is 3.89. The summed E-state index contributed by atoms with van der Waals surface area (Å²) >= 11 is 1.84. The number of Topliss-reactive ketones (excluding diaryl/α,β-unsaturated/α-hetero) is 1. The molecule has 0 unspecified atom stereocenters. The second-order valence-electron chi connectivity index (χ2n) is 12.2. The zero-order chi connectivity index (χ0) is 27.9. The molecule has 0 spiro atoms. The average Bonchev–Trinajstić information content (AvgIpc) is 2.82. The Morgan fingerprint density at radius 2 is 1.81 bits per heavy atom. The van der Waals surface area contributed by atoms with Crippen LogP contribution in [0.3, 0.4) is 0 Å². The first-order chi connectivity index (χ1) is 17.2. The first-order valence-electron chi connectivity index (χ1n) is 13.8. The SMILES string of the molecule is C=C(/C=C(C=C1C(=O)C(/C=C2\C=C(CCC(C)(C)C)SC(C(C)C)=C2)=C1[O-])\C=C(/C)C(C)C)CCCC. The van der Waals surface area contributed by atoms with Crippen LogP contribution in [0.5, 0.6) is 0 Å². The lowest BCUT2D eigenvalue weighted by Crippen LogP contribution is -2.29. The summed E-state index contributed by atoms with van der Waals surface area (Å²) in [6, 6.07) is 0. The second-order valence-corrected chi connectivity index (χ2v) is 13.4. The number of carbonyl (C=O) groups excluding carboxylic acids is 1. The topological polar surface area (TPSA) is 40.1 Å². The van der Waals surface area contributed by atoms with Crippen molar-refractivity contribution in [3.63, 3.8) is 0 Å². The minimum Gasteiger partial charge on any atom is -0.871 e. The van der Waals surface area contributed by atoms with E-state index in [4.69, 9.17) is 0 Å². The van der Waals surface area contributed by atoms with E-state index in [9.17, 15) is 9.90 Å². The Kier molecular flexibility index (Phi) is 11.3. The standard InChI is InChI=1S/C34H48O2S/c1-11-12-13-24(6)16-26(17-25(7)22(2)3)19-29-32(35)30(33(29)36)20-27-18-28(14-15-34(8,9)10)37-31(21-27)23(4)5/h16-23,35H,6,11-15H2,1-5,7-10H3/p-1/b25-17+,26-16+,27-20+,29-19?. The number of unbranched alkanes of at least 4 members (excludes halogenated alkanes) is 1. The normalized spacial score (nSPS) is 19.7. The van der Waals surface area contributed by atoms with Gasteiger partial charge in [-0.15, -0.1) is 0 Å². The third-order valence-corrected chi connectivity index (χ3v) is 8.11. The molecular formula is C34H47O2S-. The summed E-state index contributed by atoms with van der Waals surface area (Å²) < 4.78 is 0. The van der Waals surface area contributed by atoms with Crippen LogP contribution < -0.4 is 5.11 Å². The first kappa shape index (κ1) is 31.0. The van der Waals surface area contributed by atoms with Crippen molar-refractivity contribution in [3.8, 4) is 0 Å². The molecule has 0 radical (unpaired) electrons. The Morgan fingerprint density at radius 3 is 2.35 bits per heavy atom. The molecule has 0 N–H and O–H groups in total. The lowest BCUT2D eigenvalue weighted by Gasteiger charge is -2.30. The molecule has 1 aliphatic carbocycles. The van der Waals surface area contributed by atoms with Gasteiger partial charge in [-0.1, -0.05) is 109 Å². The number of hydrogen-bond acceptors (Lipinski definition) is 3. The van der Waals surface area contributed by atoms with E-state index in [0.717, 1.165) is 48.8 Å². The largest absolute Gasteiger partial charge is 0.871 e. The third kappa shape index (κ3) is 9.52. The van der Waals surface area contributed by atoms with Crippen molar-refractivity contribution in [3.05, 3.63) is 92.0 Å². The summed E-state index contributed by atoms with van der Waals surface area (Å²) in [6.07, 6.45) is 17.1. The van der Waals surface area contributed by atoms with Crippen molar-refractivity contribution in [2.45, 2.75) is 94.4 Å². The van der Waals surface area contributed by atoms with Gasteiger partial charge in [0.15, 0.2) is 5.78 Å². The van der Waals surface area contributed by atoms with Crippen LogP contribution >= 0.6 is 11.8 Å². The highest BCUT2D eigenvalue weighted by Crippen LogP contribution is 2.41. The van der Waals surface area contributed by atoms with Crippen LogP contribution in [-0.4, -0.2) is 5.78 Å². The molecule has 2 nitrogen and oxygen atoms in total. The van der Waals surface area contributed by atoms with E-state index in [1.807, 2.05) is 17.8 Å². The highest BCUT2D eigenvalue weighted by atomic mass is 32.2. The van der Waals surface area contributed by atoms with E-state index in [1.54, 1.807) is 12.2 Å². The molecule has 0 saturated carbocycles.